The third-order valence-corrected chi connectivity index (χ3v) is 2.16. The van der Waals surface area contributed by atoms with Crippen LogP contribution in [-0.2, 0) is 12.1 Å². The van der Waals surface area contributed by atoms with Crippen LogP contribution in [0.4, 0.5) is 22.0 Å². The van der Waals surface area contributed by atoms with Gasteiger partial charge in [-0.1, -0.05) is 12.1 Å². The Kier molecular flexibility index (Phi) is 3.23. The predicted molar refractivity (Wildman–Crippen MR) is 47.2 cm³/mol. The molecule has 6 heteroatoms. The SMILES string of the molecule is Cc1ccc(C(F)(F)CO)cc1C(F)(F)F. The number of halogens is 5. The highest BCUT2D eigenvalue weighted by Crippen LogP contribution is 2.36. The van der Waals surface area contributed by atoms with Crippen molar-refractivity contribution in [2.75, 3.05) is 6.61 Å². The fraction of sp³-hybridized carbons (Fsp3) is 0.400. The molecule has 0 aliphatic heterocycles. The molecule has 90 valence electrons. The van der Waals surface area contributed by atoms with E-state index < -0.39 is 29.8 Å². The number of aliphatic hydroxyl groups is 1. The third-order valence-electron chi connectivity index (χ3n) is 2.16. The average molecular weight is 240 g/mol. The Balaban J connectivity index is 3.29. The van der Waals surface area contributed by atoms with Crippen molar-refractivity contribution >= 4 is 0 Å². The maximum atomic E-state index is 13.0. The summed E-state index contributed by atoms with van der Waals surface area (Å²) in [5.74, 6) is -3.66. The zero-order valence-corrected chi connectivity index (χ0v) is 8.28. The molecule has 0 aliphatic carbocycles. The van der Waals surface area contributed by atoms with E-state index in [-0.39, 0.29) is 5.56 Å². The molecule has 0 aliphatic rings. The molecule has 0 heterocycles. The maximum Gasteiger partial charge on any atom is 0.416 e. The molecule has 0 saturated carbocycles. The molecule has 0 spiro atoms. The van der Waals surface area contributed by atoms with E-state index in [4.69, 9.17) is 5.11 Å². The molecule has 0 amide bonds. The van der Waals surface area contributed by atoms with Gasteiger partial charge in [0.2, 0.25) is 0 Å². The molecule has 1 N–H and O–H groups in total. The molecule has 0 aromatic heterocycles. The van der Waals surface area contributed by atoms with E-state index in [0.29, 0.717) is 6.07 Å². The lowest BCUT2D eigenvalue weighted by molar-refractivity contribution is -0.138. The zero-order chi connectivity index (χ0) is 12.6. The first-order valence-corrected chi connectivity index (χ1v) is 4.35. The van der Waals surface area contributed by atoms with E-state index in [0.717, 1.165) is 12.1 Å². The summed E-state index contributed by atoms with van der Waals surface area (Å²) in [6.07, 6.45) is -4.67. The molecular weight excluding hydrogens is 231 g/mol. The van der Waals surface area contributed by atoms with Gasteiger partial charge in [0.1, 0.15) is 6.61 Å². The van der Waals surface area contributed by atoms with Crippen LogP contribution in [0.5, 0.6) is 0 Å². The molecule has 0 unspecified atom stereocenters. The van der Waals surface area contributed by atoms with Gasteiger partial charge in [0.05, 0.1) is 5.56 Å². The summed E-state index contributed by atoms with van der Waals surface area (Å²) < 4.78 is 63.2. The van der Waals surface area contributed by atoms with Crippen LogP contribution in [-0.4, -0.2) is 11.7 Å². The van der Waals surface area contributed by atoms with Gasteiger partial charge < -0.3 is 5.11 Å². The molecule has 0 radical (unpaired) electrons. The van der Waals surface area contributed by atoms with Crippen molar-refractivity contribution in [3.63, 3.8) is 0 Å². The van der Waals surface area contributed by atoms with Crippen molar-refractivity contribution in [3.05, 3.63) is 34.9 Å². The Bertz CT molecular complexity index is 383. The van der Waals surface area contributed by atoms with Crippen molar-refractivity contribution in [2.45, 2.75) is 19.0 Å². The molecule has 0 fully saturated rings. The Morgan fingerprint density at radius 1 is 1.12 bits per heavy atom. The largest absolute Gasteiger partial charge is 0.416 e. The van der Waals surface area contributed by atoms with Gasteiger partial charge in [-0.05, 0) is 18.6 Å². The van der Waals surface area contributed by atoms with Crippen LogP contribution in [0.15, 0.2) is 18.2 Å². The fourth-order valence-corrected chi connectivity index (χ4v) is 1.25. The first kappa shape index (κ1) is 12.9. The van der Waals surface area contributed by atoms with E-state index in [2.05, 4.69) is 0 Å². The summed E-state index contributed by atoms with van der Waals surface area (Å²) in [6, 6.07) is 2.20. The Morgan fingerprint density at radius 3 is 2.12 bits per heavy atom. The highest BCUT2D eigenvalue weighted by atomic mass is 19.4. The number of alkyl halides is 5. The van der Waals surface area contributed by atoms with E-state index in [1.54, 1.807) is 0 Å². The minimum Gasteiger partial charge on any atom is -0.390 e. The second-order valence-corrected chi connectivity index (χ2v) is 3.39. The topological polar surface area (TPSA) is 20.2 Å². The van der Waals surface area contributed by atoms with Crippen molar-refractivity contribution in [1.29, 1.82) is 0 Å². The number of aliphatic hydroxyl groups excluding tert-OH is 1. The molecule has 1 aromatic rings. The lowest BCUT2D eigenvalue weighted by atomic mass is 10.0. The van der Waals surface area contributed by atoms with E-state index in [1.165, 1.54) is 6.92 Å². The molecule has 16 heavy (non-hydrogen) atoms. The zero-order valence-electron chi connectivity index (χ0n) is 8.28. The number of benzene rings is 1. The van der Waals surface area contributed by atoms with Crippen LogP contribution in [0, 0.1) is 6.92 Å². The predicted octanol–water partition coefficient (Wildman–Crippen LogP) is 3.10. The molecule has 1 nitrogen and oxygen atoms in total. The minimum atomic E-state index is -4.67. The van der Waals surface area contributed by atoms with Gasteiger partial charge in [-0.15, -0.1) is 0 Å². The second kappa shape index (κ2) is 4.01. The van der Waals surface area contributed by atoms with E-state index >= 15 is 0 Å². The molecular formula is C10H9F5O. The van der Waals surface area contributed by atoms with Crippen LogP contribution in [0.3, 0.4) is 0 Å². The normalized spacial score (nSPS) is 12.9. The summed E-state index contributed by atoms with van der Waals surface area (Å²) in [7, 11) is 0. The fourth-order valence-electron chi connectivity index (χ4n) is 1.25. The number of aryl methyl sites for hydroxylation is 1. The lowest BCUT2D eigenvalue weighted by Gasteiger charge is -2.17. The summed E-state index contributed by atoms with van der Waals surface area (Å²) in [5, 5.41) is 8.38. The van der Waals surface area contributed by atoms with Crippen molar-refractivity contribution < 1.29 is 27.1 Å². The third kappa shape index (κ3) is 2.49. The number of hydrogen-bond donors (Lipinski definition) is 1. The van der Waals surface area contributed by atoms with Gasteiger partial charge in [-0.25, -0.2) is 0 Å². The van der Waals surface area contributed by atoms with Crippen LogP contribution in [0.25, 0.3) is 0 Å². The van der Waals surface area contributed by atoms with Crippen LogP contribution in [0.1, 0.15) is 16.7 Å². The Labute approximate surface area is 88.5 Å². The van der Waals surface area contributed by atoms with E-state index in [1.807, 2.05) is 0 Å². The molecule has 0 bridgehead atoms. The summed E-state index contributed by atoms with van der Waals surface area (Å²) in [6.45, 7) is -0.336. The lowest BCUT2D eigenvalue weighted by Crippen LogP contribution is -2.20. The average Bonchev–Trinajstić information content (AvgIpc) is 2.16. The van der Waals surface area contributed by atoms with Crippen molar-refractivity contribution in [2.24, 2.45) is 0 Å². The first-order chi connectivity index (χ1) is 7.18. The summed E-state index contributed by atoms with van der Waals surface area (Å²) in [5.41, 5.74) is -2.09. The van der Waals surface area contributed by atoms with Crippen molar-refractivity contribution in [3.8, 4) is 0 Å². The molecule has 0 saturated heterocycles. The standard InChI is InChI=1S/C10H9F5O/c1-6-2-3-7(9(11,12)5-16)4-8(6)10(13,14)15/h2-4,16H,5H2,1H3. The number of hydrogen-bond acceptors (Lipinski definition) is 1. The highest BCUT2D eigenvalue weighted by molar-refractivity contribution is 5.35. The van der Waals surface area contributed by atoms with Crippen molar-refractivity contribution in [1.82, 2.24) is 0 Å². The first-order valence-electron chi connectivity index (χ1n) is 4.35. The van der Waals surface area contributed by atoms with E-state index in [9.17, 15) is 22.0 Å². The monoisotopic (exact) mass is 240 g/mol. The maximum absolute atomic E-state index is 13.0. The second-order valence-electron chi connectivity index (χ2n) is 3.39. The van der Waals surface area contributed by atoms with Gasteiger partial charge in [-0.3, -0.25) is 0 Å². The smallest absolute Gasteiger partial charge is 0.390 e. The molecule has 0 atom stereocenters. The van der Waals surface area contributed by atoms with Crippen LogP contribution >= 0.6 is 0 Å². The molecule has 1 aromatic carbocycles. The summed E-state index contributed by atoms with van der Waals surface area (Å²) in [4.78, 5) is 0. The quantitative estimate of drug-likeness (QED) is 0.787. The highest BCUT2D eigenvalue weighted by Gasteiger charge is 2.36. The summed E-state index contributed by atoms with van der Waals surface area (Å²) >= 11 is 0. The van der Waals surface area contributed by atoms with Gasteiger partial charge in [0, 0.05) is 5.56 Å². The Hall–Kier alpha value is -1.17. The van der Waals surface area contributed by atoms with Gasteiger partial charge >= 0.3 is 6.18 Å². The van der Waals surface area contributed by atoms with Gasteiger partial charge in [0.25, 0.3) is 5.92 Å². The molecule has 1 rings (SSSR count). The minimum absolute atomic E-state index is 0.134. The van der Waals surface area contributed by atoms with Gasteiger partial charge in [-0.2, -0.15) is 22.0 Å². The Morgan fingerprint density at radius 2 is 1.69 bits per heavy atom. The van der Waals surface area contributed by atoms with Gasteiger partial charge in [0.15, 0.2) is 0 Å². The number of rotatable bonds is 2. The van der Waals surface area contributed by atoms with Crippen LogP contribution in [0.2, 0.25) is 0 Å². The van der Waals surface area contributed by atoms with Crippen LogP contribution < -0.4 is 0 Å².